The van der Waals surface area contributed by atoms with Gasteiger partial charge in [0.05, 0.1) is 11.1 Å². The number of nitrogens with zero attached hydrogens (tertiary/aromatic N) is 1. The van der Waals surface area contributed by atoms with E-state index in [-0.39, 0.29) is 10.8 Å². The highest BCUT2D eigenvalue weighted by Crippen LogP contribution is 2.31. The molecule has 1 nitrogen and oxygen atoms in total. The summed E-state index contributed by atoms with van der Waals surface area (Å²) < 4.78 is 73.2. The fourth-order valence-electron chi connectivity index (χ4n) is 2.16. The van der Waals surface area contributed by atoms with Gasteiger partial charge in [0.25, 0.3) is 0 Å². The quantitative estimate of drug-likeness (QED) is 0.353. The molecule has 1 aromatic heterocycles. The van der Waals surface area contributed by atoms with Crippen LogP contribution in [0.5, 0.6) is 0 Å². The standard InChI is InChI=1S/C11H13F3.C10H12F3N.2C2H6/c1-10(2,3)8-4-6-9(7-5-8)11(12,13)14;1-9(2,3)8-5-4-7(6-14-8)10(11,12)13;2*1-2/h4-7H,1-3H3;4-6H,1-3H3;2*1-2H3. The largest absolute Gasteiger partial charge is 0.417 e. The highest BCUT2D eigenvalue weighted by Gasteiger charge is 2.31. The van der Waals surface area contributed by atoms with Gasteiger partial charge in [-0.3, -0.25) is 4.98 Å². The maximum absolute atomic E-state index is 12.2. The van der Waals surface area contributed by atoms with Crippen molar-refractivity contribution < 1.29 is 26.3 Å². The molecule has 0 atom stereocenters. The van der Waals surface area contributed by atoms with Gasteiger partial charge in [0.1, 0.15) is 0 Å². The molecule has 0 aliphatic rings. The molecule has 2 rings (SSSR count). The van der Waals surface area contributed by atoms with Gasteiger partial charge in [-0.15, -0.1) is 0 Å². The van der Waals surface area contributed by atoms with E-state index in [0.717, 1.165) is 30.0 Å². The molecule has 0 unspecified atom stereocenters. The van der Waals surface area contributed by atoms with Crippen molar-refractivity contribution >= 4 is 0 Å². The highest BCUT2D eigenvalue weighted by molar-refractivity contribution is 5.28. The molecule has 0 N–H and O–H groups in total. The van der Waals surface area contributed by atoms with Gasteiger partial charge >= 0.3 is 12.4 Å². The number of hydrogen-bond acceptors (Lipinski definition) is 1. The van der Waals surface area contributed by atoms with Crippen molar-refractivity contribution in [3.05, 3.63) is 65.0 Å². The van der Waals surface area contributed by atoms with Crippen LogP contribution in [0.15, 0.2) is 42.6 Å². The number of rotatable bonds is 0. The number of hydrogen-bond donors (Lipinski definition) is 0. The normalized spacial score (nSPS) is 11.8. The zero-order valence-electron chi connectivity index (χ0n) is 20.8. The van der Waals surface area contributed by atoms with E-state index >= 15 is 0 Å². The van der Waals surface area contributed by atoms with E-state index in [0.29, 0.717) is 5.69 Å². The third kappa shape index (κ3) is 11.5. The smallest absolute Gasteiger partial charge is 0.260 e. The second-order valence-corrected chi connectivity index (χ2v) is 8.50. The monoisotopic (exact) mass is 465 g/mol. The van der Waals surface area contributed by atoms with Crippen LogP contribution in [-0.2, 0) is 23.2 Å². The molecule has 1 heterocycles. The van der Waals surface area contributed by atoms with Crippen LogP contribution in [0, 0.1) is 0 Å². The van der Waals surface area contributed by atoms with Gasteiger partial charge in [-0.25, -0.2) is 0 Å². The molecular weight excluding hydrogens is 428 g/mol. The third-order valence-electron chi connectivity index (χ3n) is 3.94. The topological polar surface area (TPSA) is 12.9 Å². The summed E-state index contributed by atoms with van der Waals surface area (Å²) in [5, 5.41) is 0. The zero-order valence-corrected chi connectivity index (χ0v) is 20.8. The molecule has 32 heavy (non-hydrogen) atoms. The average molecular weight is 466 g/mol. The molecule has 0 radical (unpaired) electrons. The van der Waals surface area contributed by atoms with Gasteiger partial charge in [-0.05, 0) is 35.2 Å². The molecule has 184 valence electrons. The van der Waals surface area contributed by atoms with Crippen molar-refractivity contribution in [3.63, 3.8) is 0 Å². The van der Waals surface area contributed by atoms with E-state index in [2.05, 4.69) is 4.98 Å². The first-order chi connectivity index (χ1) is 14.4. The summed E-state index contributed by atoms with van der Waals surface area (Å²) in [6, 6.07) is 7.79. The summed E-state index contributed by atoms with van der Waals surface area (Å²) >= 11 is 0. The Bertz CT molecular complexity index is 610. The number of alkyl halides is 6. The van der Waals surface area contributed by atoms with E-state index in [1.807, 2.05) is 69.2 Å². The first-order valence-electron chi connectivity index (χ1n) is 10.6. The molecule has 0 spiro atoms. The SMILES string of the molecule is CC.CC.CC(C)(C)c1ccc(C(F)(F)F)cc1.CC(C)(C)c1ccc(C(F)(F)F)cn1. The lowest BCUT2D eigenvalue weighted by Crippen LogP contribution is -2.14. The van der Waals surface area contributed by atoms with Crippen LogP contribution >= 0.6 is 0 Å². The van der Waals surface area contributed by atoms with E-state index in [9.17, 15) is 26.3 Å². The molecule has 7 heteroatoms. The van der Waals surface area contributed by atoms with Crippen molar-refractivity contribution in [1.82, 2.24) is 4.98 Å². The summed E-state index contributed by atoms with van der Waals surface area (Å²) in [5.74, 6) is 0. The average Bonchev–Trinajstić information content (AvgIpc) is 2.69. The molecule has 0 aliphatic heterocycles. The second kappa shape index (κ2) is 12.9. The zero-order chi connectivity index (χ0) is 26.0. The lowest BCUT2D eigenvalue weighted by atomic mass is 9.87. The lowest BCUT2D eigenvalue weighted by Gasteiger charge is -2.19. The lowest BCUT2D eigenvalue weighted by molar-refractivity contribution is -0.138. The minimum Gasteiger partial charge on any atom is -0.260 e. The molecule has 0 bridgehead atoms. The van der Waals surface area contributed by atoms with Crippen LogP contribution in [0.2, 0.25) is 0 Å². The fraction of sp³-hybridized carbons (Fsp3) is 0.560. The Morgan fingerprint density at radius 3 is 1.09 bits per heavy atom. The van der Waals surface area contributed by atoms with Crippen molar-refractivity contribution in [2.24, 2.45) is 0 Å². The minimum atomic E-state index is -4.30. The van der Waals surface area contributed by atoms with Crippen molar-refractivity contribution in [2.75, 3.05) is 0 Å². The van der Waals surface area contributed by atoms with Crippen LogP contribution < -0.4 is 0 Å². The van der Waals surface area contributed by atoms with Crippen molar-refractivity contribution in [1.29, 1.82) is 0 Å². The van der Waals surface area contributed by atoms with Crippen LogP contribution in [-0.4, -0.2) is 4.98 Å². The predicted octanol–water partition coefficient (Wildman–Crippen LogP) is 9.45. The van der Waals surface area contributed by atoms with Crippen LogP contribution in [0.1, 0.15) is 91.6 Å². The molecule has 0 saturated carbocycles. The first-order valence-corrected chi connectivity index (χ1v) is 10.6. The summed E-state index contributed by atoms with van der Waals surface area (Å²) in [6.45, 7) is 19.6. The summed E-state index contributed by atoms with van der Waals surface area (Å²) in [6.07, 6.45) is -7.67. The second-order valence-electron chi connectivity index (χ2n) is 8.50. The Kier molecular flexibility index (Phi) is 12.9. The Balaban J connectivity index is 0. The number of aromatic nitrogens is 1. The summed E-state index contributed by atoms with van der Waals surface area (Å²) in [7, 11) is 0. The maximum atomic E-state index is 12.2. The Morgan fingerprint density at radius 1 is 0.500 bits per heavy atom. The summed E-state index contributed by atoms with van der Waals surface area (Å²) in [5.41, 5.74) is -0.0548. The predicted molar refractivity (Wildman–Crippen MR) is 121 cm³/mol. The van der Waals surface area contributed by atoms with Crippen LogP contribution in [0.3, 0.4) is 0 Å². The molecule has 0 saturated heterocycles. The van der Waals surface area contributed by atoms with Crippen molar-refractivity contribution in [2.45, 2.75) is 92.4 Å². The van der Waals surface area contributed by atoms with Gasteiger partial charge in [-0.1, -0.05) is 81.4 Å². The van der Waals surface area contributed by atoms with Crippen molar-refractivity contribution in [3.8, 4) is 0 Å². The number of benzene rings is 1. The Morgan fingerprint density at radius 2 is 0.844 bits per heavy atom. The molecule has 0 amide bonds. The Hall–Kier alpha value is -2.05. The van der Waals surface area contributed by atoms with Gasteiger partial charge in [0.2, 0.25) is 0 Å². The first kappa shape index (κ1) is 32.1. The minimum absolute atomic E-state index is 0.107. The molecule has 1 aromatic carbocycles. The molecular formula is C25H37F6N. The highest BCUT2D eigenvalue weighted by atomic mass is 19.4. The Labute approximate surface area is 189 Å². The van der Waals surface area contributed by atoms with Gasteiger partial charge < -0.3 is 0 Å². The van der Waals surface area contributed by atoms with Gasteiger partial charge in [-0.2, -0.15) is 26.3 Å². The van der Waals surface area contributed by atoms with Crippen LogP contribution in [0.25, 0.3) is 0 Å². The molecule has 0 fully saturated rings. The van der Waals surface area contributed by atoms with E-state index in [1.54, 1.807) is 0 Å². The summed E-state index contributed by atoms with van der Waals surface area (Å²) in [4.78, 5) is 3.80. The molecule has 2 aromatic rings. The maximum Gasteiger partial charge on any atom is 0.417 e. The van der Waals surface area contributed by atoms with Crippen LogP contribution in [0.4, 0.5) is 26.3 Å². The van der Waals surface area contributed by atoms with E-state index < -0.39 is 23.5 Å². The fourth-order valence-corrected chi connectivity index (χ4v) is 2.16. The number of pyridine rings is 1. The third-order valence-corrected chi connectivity index (χ3v) is 3.94. The van der Waals surface area contributed by atoms with Gasteiger partial charge in [0, 0.05) is 17.3 Å². The molecule has 0 aliphatic carbocycles. The number of halogens is 6. The van der Waals surface area contributed by atoms with E-state index in [4.69, 9.17) is 0 Å². The van der Waals surface area contributed by atoms with Gasteiger partial charge in [0.15, 0.2) is 0 Å². The van der Waals surface area contributed by atoms with E-state index in [1.165, 1.54) is 18.2 Å².